The maximum atomic E-state index is 12.5. The van der Waals surface area contributed by atoms with E-state index in [0.29, 0.717) is 22.5 Å². The summed E-state index contributed by atoms with van der Waals surface area (Å²) in [5, 5.41) is 19.8. The Balaban J connectivity index is 1.45. The zero-order valence-electron chi connectivity index (χ0n) is 17.2. The molecule has 1 amide bonds. The summed E-state index contributed by atoms with van der Waals surface area (Å²) < 4.78 is 10.5. The molecule has 9 heteroatoms. The van der Waals surface area contributed by atoms with Gasteiger partial charge >= 0.3 is 5.97 Å². The third kappa shape index (κ3) is 3.98. The van der Waals surface area contributed by atoms with E-state index in [9.17, 15) is 20.0 Å². The van der Waals surface area contributed by atoms with Crippen LogP contribution in [0.15, 0.2) is 54.3 Å². The minimum absolute atomic E-state index is 0.0178. The van der Waals surface area contributed by atoms with E-state index < -0.39 is 24.3 Å². The van der Waals surface area contributed by atoms with E-state index in [2.05, 4.69) is 9.97 Å². The zero-order chi connectivity index (χ0) is 22.7. The fourth-order valence-electron chi connectivity index (χ4n) is 3.61. The Morgan fingerprint density at radius 3 is 2.78 bits per heavy atom. The number of methoxy groups -OCH3 is 1. The number of nitriles is 1. The first-order chi connectivity index (χ1) is 15.5. The largest absolute Gasteiger partial charge is 0.507 e. The molecule has 2 aromatic carbocycles. The molecule has 2 heterocycles. The molecule has 9 nitrogen and oxygen atoms in total. The highest BCUT2D eigenvalue weighted by atomic mass is 16.5. The fourth-order valence-corrected chi connectivity index (χ4v) is 3.61. The van der Waals surface area contributed by atoms with Crippen molar-refractivity contribution in [3.8, 4) is 11.8 Å². The topological polar surface area (TPSA) is 129 Å². The maximum Gasteiger partial charge on any atom is 0.311 e. The highest BCUT2D eigenvalue weighted by Gasteiger charge is 2.37. The number of H-pyrrole nitrogens is 1. The van der Waals surface area contributed by atoms with Crippen molar-refractivity contribution in [1.82, 2.24) is 9.97 Å². The van der Waals surface area contributed by atoms with Gasteiger partial charge in [-0.3, -0.25) is 9.59 Å². The molecule has 32 heavy (non-hydrogen) atoms. The second kappa shape index (κ2) is 8.81. The van der Waals surface area contributed by atoms with Gasteiger partial charge in [0.15, 0.2) is 11.6 Å². The number of aromatic amines is 1. The number of carbonyl (C=O) groups is 2. The molecular weight excluding hydrogens is 412 g/mol. The van der Waals surface area contributed by atoms with E-state index in [0.717, 1.165) is 0 Å². The van der Waals surface area contributed by atoms with Gasteiger partial charge < -0.3 is 24.5 Å². The first-order valence-corrected chi connectivity index (χ1v) is 9.89. The molecule has 162 valence electrons. The molecule has 2 N–H and O–H groups in total. The quantitative estimate of drug-likeness (QED) is 0.348. The number of benzene rings is 2. The predicted molar refractivity (Wildman–Crippen MR) is 116 cm³/mol. The lowest BCUT2D eigenvalue weighted by atomic mass is 10.1. The van der Waals surface area contributed by atoms with Crippen molar-refractivity contribution >= 4 is 34.2 Å². The van der Waals surface area contributed by atoms with Crippen LogP contribution in [0.4, 0.5) is 5.69 Å². The van der Waals surface area contributed by atoms with Crippen molar-refractivity contribution in [2.24, 2.45) is 5.92 Å². The number of aliphatic hydroxyl groups excluding tert-OH is 1. The molecule has 1 unspecified atom stereocenters. The van der Waals surface area contributed by atoms with Gasteiger partial charge in [0.05, 0.1) is 29.7 Å². The molecule has 1 saturated heterocycles. The van der Waals surface area contributed by atoms with E-state index in [1.807, 2.05) is 18.2 Å². The first-order valence-electron chi connectivity index (χ1n) is 9.89. The van der Waals surface area contributed by atoms with Crippen molar-refractivity contribution in [3.63, 3.8) is 0 Å². The molecule has 0 bridgehead atoms. The van der Waals surface area contributed by atoms with Gasteiger partial charge in [0.25, 0.3) is 0 Å². The molecule has 1 aromatic heterocycles. The van der Waals surface area contributed by atoms with Crippen LogP contribution in [0.3, 0.4) is 0 Å². The lowest BCUT2D eigenvalue weighted by Crippen LogP contribution is -2.27. The van der Waals surface area contributed by atoms with Gasteiger partial charge in [0, 0.05) is 13.0 Å². The zero-order valence-corrected chi connectivity index (χ0v) is 17.2. The number of nitrogens with zero attached hydrogens (tertiary/aromatic N) is 3. The van der Waals surface area contributed by atoms with Gasteiger partial charge in [-0.2, -0.15) is 5.26 Å². The molecule has 0 saturated carbocycles. The maximum absolute atomic E-state index is 12.5. The Kier molecular flexibility index (Phi) is 5.77. The summed E-state index contributed by atoms with van der Waals surface area (Å²) in [6.45, 7) is -0.366. The Bertz CT molecular complexity index is 1220. The molecule has 1 fully saturated rings. The summed E-state index contributed by atoms with van der Waals surface area (Å²) in [4.78, 5) is 33.7. The fraction of sp³-hybridized carbons (Fsp3) is 0.217. The number of carbonyl (C=O) groups excluding carboxylic acids is 2. The van der Waals surface area contributed by atoms with Crippen LogP contribution < -0.4 is 9.64 Å². The smallest absolute Gasteiger partial charge is 0.311 e. The minimum Gasteiger partial charge on any atom is -0.507 e. The Hall–Kier alpha value is -4.32. The number of amides is 1. The number of ether oxygens (including phenoxy) is 2. The van der Waals surface area contributed by atoms with Crippen LogP contribution in [0, 0.1) is 17.2 Å². The number of imidazole rings is 1. The molecular formula is C23H20N4O5. The summed E-state index contributed by atoms with van der Waals surface area (Å²) in [7, 11) is 1.51. The number of rotatable bonds is 6. The number of esters is 1. The Morgan fingerprint density at radius 1 is 1.28 bits per heavy atom. The van der Waals surface area contributed by atoms with E-state index in [-0.39, 0.29) is 30.3 Å². The normalized spacial score (nSPS) is 16.6. The molecule has 0 aliphatic carbocycles. The van der Waals surface area contributed by atoms with Crippen LogP contribution in [0.2, 0.25) is 0 Å². The number of hydrogen-bond donors (Lipinski definition) is 2. The van der Waals surface area contributed by atoms with Crippen LogP contribution in [-0.2, 0) is 14.3 Å². The van der Waals surface area contributed by atoms with Crippen molar-refractivity contribution in [2.75, 3.05) is 25.2 Å². The highest BCUT2D eigenvalue weighted by molar-refractivity contribution is 6.00. The average molecular weight is 432 g/mol. The number of para-hydroxylation sites is 4. The van der Waals surface area contributed by atoms with Crippen LogP contribution in [0.1, 0.15) is 12.2 Å². The highest BCUT2D eigenvalue weighted by Crippen LogP contribution is 2.33. The van der Waals surface area contributed by atoms with Gasteiger partial charge in [0.2, 0.25) is 5.91 Å². The molecule has 1 aliphatic heterocycles. The number of nitrogens with one attached hydrogen (secondary N) is 1. The van der Waals surface area contributed by atoms with Gasteiger partial charge in [0.1, 0.15) is 24.0 Å². The Morgan fingerprint density at radius 2 is 2.03 bits per heavy atom. The Labute approximate surface area is 183 Å². The van der Waals surface area contributed by atoms with E-state index in [1.54, 1.807) is 36.4 Å². The summed E-state index contributed by atoms with van der Waals surface area (Å²) in [6.07, 6.45) is -0.0178. The molecule has 1 atom stereocenters. The lowest BCUT2D eigenvalue weighted by molar-refractivity contribution is -0.148. The molecule has 4 rings (SSSR count). The van der Waals surface area contributed by atoms with Crippen molar-refractivity contribution < 1.29 is 24.2 Å². The third-order valence-corrected chi connectivity index (χ3v) is 5.21. The minimum atomic E-state index is -0.697. The van der Waals surface area contributed by atoms with Crippen LogP contribution in [0.25, 0.3) is 16.6 Å². The summed E-state index contributed by atoms with van der Waals surface area (Å²) >= 11 is 0. The number of hydrogen-bond acceptors (Lipinski definition) is 7. The number of aliphatic hydroxyl groups is 1. The van der Waals surface area contributed by atoms with Crippen LogP contribution in [-0.4, -0.2) is 47.2 Å². The van der Waals surface area contributed by atoms with Crippen LogP contribution in [0.5, 0.6) is 5.75 Å². The SMILES string of the molecule is COc1ccccc1N1CC(C(=O)OCC(O)=C(C#N)c2nc3ccccc3[nH]2)CC1=O. The van der Waals surface area contributed by atoms with Gasteiger partial charge in [-0.05, 0) is 24.3 Å². The van der Waals surface area contributed by atoms with Crippen molar-refractivity contribution in [2.45, 2.75) is 6.42 Å². The van der Waals surface area contributed by atoms with Gasteiger partial charge in [-0.15, -0.1) is 0 Å². The summed E-state index contributed by atoms with van der Waals surface area (Å²) in [6, 6.07) is 16.1. The third-order valence-electron chi connectivity index (χ3n) is 5.21. The standard InChI is InChI=1S/C23H20N4O5/c1-31-20-9-5-4-8-18(20)27-12-14(10-21(27)29)23(30)32-13-19(28)15(11-24)22-25-16-6-2-3-7-17(16)26-22/h2-9,14,28H,10,12-13H2,1H3,(H,25,26). The second-order valence-electron chi connectivity index (χ2n) is 7.22. The molecule has 0 radical (unpaired) electrons. The first kappa shape index (κ1) is 20.9. The molecule has 0 spiro atoms. The number of aromatic nitrogens is 2. The summed E-state index contributed by atoms with van der Waals surface area (Å²) in [5.41, 5.74) is 1.81. The van der Waals surface area contributed by atoms with E-state index >= 15 is 0 Å². The molecule has 3 aromatic rings. The van der Waals surface area contributed by atoms with Gasteiger partial charge in [-0.25, -0.2) is 4.98 Å². The van der Waals surface area contributed by atoms with Crippen LogP contribution >= 0.6 is 0 Å². The van der Waals surface area contributed by atoms with E-state index in [4.69, 9.17) is 9.47 Å². The number of allylic oxidation sites excluding steroid dienone is 1. The number of fused-ring (bicyclic) bond motifs is 1. The second-order valence-corrected chi connectivity index (χ2v) is 7.22. The number of anilines is 1. The predicted octanol–water partition coefficient (Wildman–Crippen LogP) is 2.96. The molecule has 1 aliphatic rings. The van der Waals surface area contributed by atoms with Gasteiger partial charge in [-0.1, -0.05) is 24.3 Å². The average Bonchev–Trinajstić information content (AvgIpc) is 3.41. The monoisotopic (exact) mass is 432 g/mol. The van der Waals surface area contributed by atoms with Crippen molar-refractivity contribution in [3.05, 3.63) is 60.1 Å². The lowest BCUT2D eigenvalue weighted by Gasteiger charge is -2.19. The summed E-state index contributed by atoms with van der Waals surface area (Å²) in [5.74, 6) is -1.27. The van der Waals surface area contributed by atoms with E-state index in [1.165, 1.54) is 12.0 Å². The van der Waals surface area contributed by atoms with Crippen molar-refractivity contribution in [1.29, 1.82) is 5.26 Å².